The Labute approximate surface area is 168 Å². The monoisotopic (exact) mass is 398 g/mol. The van der Waals surface area contributed by atoms with Crippen LogP contribution in [0, 0.1) is 0 Å². The average Bonchev–Trinajstić information content (AvgIpc) is 2.66. The van der Waals surface area contributed by atoms with Crippen molar-refractivity contribution in [1.29, 1.82) is 0 Å². The Morgan fingerprint density at radius 3 is 2.48 bits per heavy atom. The average molecular weight is 398 g/mol. The highest BCUT2D eigenvalue weighted by Crippen LogP contribution is 2.20. The van der Waals surface area contributed by atoms with E-state index in [0.717, 1.165) is 16.0 Å². The SMILES string of the molecule is CC(O)OC(Cc1cccc(OCc2ccccc2)c1)N1C(=O)CC(=O)NC1=O. The van der Waals surface area contributed by atoms with E-state index in [4.69, 9.17) is 9.47 Å². The second-order valence-corrected chi connectivity index (χ2v) is 6.61. The molecule has 0 bridgehead atoms. The summed E-state index contributed by atoms with van der Waals surface area (Å²) in [5, 5.41) is 11.7. The fourth-order valence-electron chi connectivity index (χ4n) is 2.98. The van der Waals surface area contributed by atoms with Crippen molar-refractivity contribution in [2.45, 2.75) is 38.9 Å². The van der Waals surface area contributed by atoms with E-state index in [-0.39, 0.29) is 6.42 Å². The number of benzene rings is 2. The van der Waals surface area contributed by atoms with Gasteiger partial charge in [0.05, 0.1) is 0 Å². The van der Waals surface area contributed by atoms with Crippen molar-refractivity contribution in [1.82, 2.24) is 10.2 Å². The number of amides is 4. The largest absolute Gasteiger partial charge is 0.489 e. The number of carbonyl (C=O) groups is 3. The van der Waals surface area contributed by atoms with Crippen LogP contribution < -0.4 is 10.1 Å². The van der Waals surface area contributed by atoms with Gasteiger partial charge in [-0.05, 0) is 30.2 Å². The lowest BCUT2D eigenvalue weighted by Crippen LogP contribution is -2.58. The molecule has 4 amide bonds. The molecule has 8 nitrogen and oxygen atoms in total. The van der Waals surface area contributed by atoms with Gasteiger partial charge in [0.2, 0.25) is 11.8 Å². The first-order valence-electron chi connectivity index (χ1n) is 9.17. The molecule has 0 spiro atoms. The Kier molecular flexibility index (Phi) is 6.58. The number of nitrogens with zero attached hydrogens (tertiary/aromatic N) is 1. The number of hydrogen-bond donors (Lipinski definition) is 2. The summed E-state index contributed by atoms with van der Waals surface area (Å²) >= 11 is 0. The number of imide groups is 2. The third kappa shape index (κ3) is 5.63. The normalized spacial score (nSPS) is 16.3. The van der Waals surface area contributed by atoms with Gasteiger partial charge in [-0.3, -0.25) is 14.9 Å². The summed E-state index contributed by atoms with van der Waals surface area (Å²) in [6, 6.07) is 16.0. The molecule has 0 aliphatic carbocycles. The molecular formula is C21H22N2O6. The molecule has 2 aromatic rings. The second kappa shape index (κ2) is 9.31. The Morgan fingerprint density at radius 2 is 1.79 bits per heavy atom. The van der Waals surface area contributed by atoms with Crippen molar-refractivity contribution in [3.05, 3.63) is 65.7 Å². The first kappa shape index (κ1) is 20.5. The van der Waals surface area contributed by atoms with Crippen molar-refractivity contribution in [2.24, 2.45) is 0 Å². The summed E-state index contributed by atoms with van der Waals surface area (Å²) in [6.07, 6.45) is -2.61. The molecule has 1 aliphatic heterocycles. The van der Waals surface area contributed by atoms with Gasteiger partial charge in [0.1, 0.15) is 25.0 Å². The molecule has 2 N–H and O–H groups in total. The Hall–Kier alpha value is -3.23. The Morgan fingerprint density at radius 1 is 1.07 bits per heavy atom. The summed E-state index contributed by atoms with van der Waals surface area (Å²) in [4.78, 5) is 36.6. The fraction of sp³-hybridized carbons (Fsp3) is 0.286. The van der Waals surface area contributed by atoms with Crippen molar-refractivity contribution >= 4 is 17.8 Å². The molecule has 8 heteroatoms. The van der Waals surface area contributed by atoms with Crippen LogP contribution in [0.3, 0.4) is 0 Å². The van der Waals surface area contributed by atoms with E-state index in [0.29, 0.717) is 12.4 Å². The lowest BCUT2D eigenvalue weighted by atomic mass is 10.1. The van der Waals surface area contributed by atoms with Crippen molar-refractivity contribution in [3.63, 3.8) is 0 Å². The lowest BCUT2D eigenvalue weighted by molar-refractivity contribution is -0.174. The van der Waals surface area contributed by atoms with E-state index in [1.54, 1.807) is 24.3 Å². The van der Waals surface area contributed by atoms with E-state index in [1.165, 1.54) is 6.92 Å². The quantitative estimate of drug-likeness (QED) is 0.520. The summed E-state index contributed by atoms with van der Waals surface area (Å²) in [5.41, 5.74) is 1.76. The molecule has 152 valence electrons. The number of ether oxygens (including phenoxy) is 2. The van der Waals surface area contributed by atoms with E-state index in [1.807, 2.05) is 30.3 Å². The maximum Gasteiger partial charge on any atom is 0.332 e. The minimum Gasteiger partial charge on any atom is -0.489 e. The third-order valence-electron chi connectivity index (χ3n) is 4.24. The zero-order valence-corrected chi connectivity index (χ0v) is 15.9. The standard InChI is InChI=1S/C21H22N2O6/c1-14(24)29-20(23-19(26)12-18(25)22-21(23)27)11-16-8-5-9-17(10-16)28-13-15-6-3-2-4-7-15/h2-10,14,20,24H,11-13H2,1H3,(H,22,25,27). The maximum atomic E-state index is 12.2. The van der Waals surface area contributed by atoms with Gasteiger partial charge >= 0.3 is 6.03 Å². The van der Waals surface area contributed by atoms with Crippen LogP contribution in [-0.2, 0) is 27.4 Å². The Balaban J connectivity index is 1.73. The van der Waals surface area contributed by atoms with Crippen molar-refractivity contribution < 1.29 is 29.0 Å². The van der Waals surface area contributed by atoms with Crippen LogP contribution in [0.5, 0.6) is 5.75 Å². The number of carbonyl (C=O) groups excluding carboxylic acids is 3. The zero-order valence-electron chi connectivity index (χ0n) is 15.9. The molecule has 3 rings (SSSR count). The van der Waals surface area contributed by atoms with Crippen LogP contribution in [0.4, 0.5) is 4.79 Å². The number of barbiturate groups is 1. The molecule has 29 heavy (non-hydrogen) atoms. The number of nitrogens with one attached hydrogen (secondary N) is 1. The number of urea groups is 1. The van der Waals surface area contributed by atoms with Crippen molar-refractivity contribution in [2.75, 3.05) is 0 Å². The first-order chi connectivity index (χ1) is 13.9. The van der Waals surface area contributed by atoms with Crippen LogP contribution in [0.25, 0.3) is 0 Å². The van der Waals surface area contributed by atoms with E-state index in [2.05, 4.69) is 5.32 Å². The van der Waals surface area contributed by atoms with Gasteiger partial charge in [-0.2, -0.15) is 0 Å². The van der Waals surface area contributed by atoms with Gasteiger partial charge in [0, 0.05) is 6.42 Å². The predicted molar refractivity (Wildman–Crippen MR) is 102 cm³/mol. The van der Waals surface area contributed by atoms with E-state index >= 15 is 0 Å². The molecule has 2 unspecified atom stereocenters. The van der Waals surface area contributed by atoms with Crippen LogP contribution in [0.1, 0.15) is 24.5 Å². The lowest BCUT2D eigenvalue weighted by Gasteiger charge is -2.33. The van der Waals surface area contributed by atoms with Crippen LogP contribution in [0.15, 0.2) is 54.6 Å². The van der Waals surface area contributed by atoms with Gasteiger partial charge in [-0.15, -0.1) is 0 Å². The molecular weight excluding hydrogens is 376 g/mol. The second-order valence-electron chi connectivity index (χ2n) is 6.61. The predicted octanol–water partition coefficient (Wildman–Crippen LogP) is 1.96. The number of rotatable bonds is 8. The summed E-state index contributed by atoms with van der Waals surface area (Å²) in [5.74, 6) is -0.726. The number of aliphatic hydroxyl groups excluding tert-OH is 1. The smallest absolute Gasteiger partial charge is 0.332 e. The molecule has 1 heterocycles. The first-order valence-corrected chi connectivity index (χ1v) is 9.17. The highest BCUT2D eigenvalue weighted by Gasteiger charge is 2.37. The van der Waals surface area contributed by atoms with Crippen LogP contribution >= 0.6 is 0 Å². The van der Waals surface area contributed by atoms with Gasteiger partial charge in [-0.1, -0.05) is 42.5 Å². The summed E-state index contributed by atoms with van der Waals surface area (Å²) < 4.78 is 11.2. The van der Waals surface area contributed by atoms with Gasteiger partial charge in [0.25, 0.3) is 0 Å². The van der Waals surface area contributed by atoms with Gasteiger partial charge in [-0.25, -0.2) is 9.69 Å². The Bertz CT molecular complexity index is 864. The molecule has 1 fully saturated rings. The molecule has 1 aliphatic rings. The molecule has 1 saturated heterocycles. The minimum absolute atomic E-state index is 0.126. The highest BCUT2D eigenvalue weighted by molar-refractivity contribution is 6.14. The zero-order chi connectivity index (χ0) is 20.8. The van der Waals surface area contributed by atoms with Gasteiger partial charge < -0.3 is 14.6 Å². The van der Waals surface area contributed by atoms with Crippen molar-refractivity contribution in [3.8, 4) is 5.75 Å². The topological polar surface area (TPSA) is 105 Å². The molecule has 0 aromatic heterocycles. The maximum absolute atomic E-state index is 12.2. The van der Waals surface area contributed by atoms with Gasteiger partial charge in [0.15, 0.2) is 6.29 Å². The number of aliphatic hydroxyl groups is 1. The molecule has 0 radical (unpaired) electrons. The van der Waals surface area contributed by atoms with Crippen LogP contribution in [0.2, 0.25) is 0 Å². The number of hydrogen-bond acceptors (Lipinski definition) is 6. The molecule has 2 aromatic carbocycles. The fourth-order valence-corrected chi connectivity index (χ4v) is 2.98. The minimum atomic E-state index is -1.21. The summed E-state index contributed by atoms with van der Waals surface area (Å²) in [6.45, 7) is 1.77. The van der Waals surface area contributed by atoms with E-state index in [9.17, 15) is 19.5 Å². The van der Waals surface area contributed by atoms with E-state index < -0.39 is 36.8 Å². The van der Waals surface area contributed by atoms with Crippen LogP contribution in [-0.4, -0.2) is 40.4 Å². The third-order valence-corrected chi connectivity index (χ3v) is 4.24. The highest BCUT2D eigenvalue weighted by atomic mass is 16.6. The molecule has 2 atom stereocenters. The summed E-state index contributed by atoms with van der Waals surface area (Å²) in [7, 11) is 0. The molecule has 0 saturated carbocycles.